The van der Waals surface area contributed by atoms with E-state index in [4.69, 9.17) is 19.4 Å². The van der Waals surface area contributed by atoms with Gasteiger partial charge in [-0.05, 0) is 45.5 Å². The number of likely N-dealkylation sites (tertiary alicyclic amines) is 1. The number of hydrogen-bond acceptors (Lipinski definition) is 7. The molecule has 1 aromatic heterocycles. The molecular weight excluding hydrogens is 406 g/mol. The zero-order valence-electron chi connectivity index (χ0n) is 19.5. The lowest BCUT2D eigenvalue weighted by Gasteiger charge is -2.30. The number of benzene rings is 1. The Labute approximate surface area is 189 Å². The summed E-state index contributed by atoms with van der Waals surface area (Å²) in [5.41, 5.74) is 1.78. The smallest absolute Gasteiger partial charge is 0.222 e. The minimum absolute atomic E-state index is 0.160. The summed E-state index contributed by atoms with van der Waals surface area (Å²) < 4.78 is 11.0. The van der Waals surface area contributed by atoms with Gasteiger partial charge in [0.05, 0.1) is 19.7 Å². The lowest BCUT2D eigenvalue weighted by Crippen LogP contribution is -2.37. The van der Waals surface area contributed by atoms with Crippen LogP contribution in [0, 0.1) is 0 Å². The third-order valence-electron chi connectivity index (χ3n) is 6.35. The molecule has 0 bridgehead atoms. The monoisotopic (exact) mass is 439 g/mol. The highest BCUT2D eigenvalue weighted by Gasteiger charge is 2.23. The van der Waals surface area contributed by atoms with Gasteiger partial charge in [-0.15, -0.1) is 0 Å². The average Bonchev–Trinajstić information content (AvgIpc) is 2.84. The zero-order chi connectivity index (χ0) is 22.7. The van der Waals surface area contributed by atoms with E-state index in [0.717, 1.165) is 61.2 Å². The zero-order valence-corrected chi connectivity index (χ0v) is 19.5. The summed E-state index contributed by atoms with van der Waals surface area (Å²) in [7, 11) is 5.42. The standard InChI is InChI=1S/C24H33N5O3/c1-5-22(30)29-10-6-7-16(15-29)23-26-19-14-21(32-4)20(31-3)13-18(19)24(27-23)25-17-8-11-28(2)12-9-17/h7,13-14,17H,5-6,8-12,15H2,1-4H3,(H,25,26,27). The van der Waals surface area contributed by atoms with Crippen molar-refractivity contribution in [3.8, 4) is 11.5 Å². The van der Waals surface area contributed by atoms with E-state index >= 15 is 0 Å². The fourth-order valence-corrected chi connectivity index (χ4v) is 4.40. The summed E-state index contributed by atoms with van der Waals surface area (Å²) in [6.45, 7) is 5.30. The van der Waals surface area contributed by atoms with Crippen LogP contribution in [0.4, 0.5) is 5.82 Å². The van der Waals surface area contributed by atoms with Crippen LogP contribution in [0.1, 0.15) is 38.4 Å². The number of amides is 1. The molecule has 4 rings (SSSR count). The minimum Gasteiger partial charge on any atom is -0.493 e. The van der Waals surface area contributed by atoms with Crippen molar-refractivity contribution in [2.24, 2.45) is 0 Å². The van der Waals surface area contributed by atoms with E-state index in [9.17, 15) is 4.79 Å². The summed E-state index contributed by atoms with van der Waals surface area (Å²) >= 11 is 0. The average molecular weight is 440 g/mol. The molecule has 0 saturated carbocycles. The van der Waals surface area contributed by atoms with Gasteiger partial charge in [0.2, 0.25) is 5.91 Å². The van der Waals surface area contributed by atoms with Gasteiger partial charge in [-0.2, -0.15) is 0 Å². The van der Waals surface area contributed by atoms with Crippen LogP contribution in [-0.2, 0) is 4.79 Å². The van der Waals surface area contributed by atoms with Crippen molar-refractivity contribution in [3.05, 3.63) is 24.0 Å². The van der Waals surface area contributed by atoms with Crippen LogP contribution in [0.5, 0.6) is 11.5 Å². The second kappa shape index (κ2) is 9.73. The molecule has 0 spiro atoms. The number of ether oxygens (including phenoxy) is 2. The largest absolute Gasteiger partial charge is 0.493 e. The molecule has 3 heterocycles. The van der Waals surface area contributed by atoms with Gasteiger partial charge in [-0.1, -0.05) is 13.0 Å². The van der Waals surface area contributed by atoms with Gasteiger partial charge in [0.15, 0.2) is 17.3 Å². The predicted octanol–water partition coefficient (Wildman–Crippen LogP) is 3.18. The van der Waals surface area contributed by atoms with Crippen LogP contribution in [0.3, 0.4) is 0 Å². The normalized spacial score (nSPS) is 17.9. The van der Waals surface area contributed by atoms with E-state index < -0.39 is 0 Å². The maximum atomic E-state index is 12.3. The molecule has 172 valence electrons. The van der Waals surface area contributed by atoms with Gasteiger partial charge in [0.1, 0.15) is 5.82 Å². The molecule has 1 N–H and O–H groups in total. The van der Waals surface area contributed by atoms with Gasteiger partial charge in [0, 0.05) is 42.6 Å². The van der Waals surface area contributed by atoms with E-state index in [0.29, 0.717) is 36.3 Å². The molecular formula is C24H33N5O3. The Hall–Kier alpha value is -2.87. The van der Waals surface area contributed by atoms with Crippen molar-refractivity contribution >= 4 is 28.2 Å². The molecule has 32 heavy (non-hydrogen) atoms. The van der Waals surface area contributed by atoms with Crippen molar-refractivity contribution in [2.45, 2.75) is 38.6 Å². The summed E-state index contributed by atoms with van der Waals surface area (Å²) in [5.74, 6) is 2.91. The molecule has 0 radical (unpaired) electrons. The summed E-state index contributed by atoms with van der Waals surface area (Å²) in [6, 6.07) is 4.19. The topological polar surface area (TPSA) is 79.8 Å². The maximum absolute atomic E-state index is 12.3. The quantitative estimate of drug-likeness (QED) is 0.740. The van der Waals surface area contributed by atoms with E-state index in [1.165, 1.54) is 0 Å². The highest BCUT2D eigenvalue weighted by Crippen LogP contribution is 2.35. The highest BCUT2D eigenvalue weighted by atomic mass is 16.5. The number of methoxy groups -OCH3 is 2. The van der Waals surface area contributed by atoms with E-state index in [-0.39, 0.29) is 5.91 Å². The van der Waals surface area contributed by atoms with Crippen LogP contribution in [0.2, 0.25) is 0 Å². The number of carbonyl (C=O) groups excluding carboxylic acids is 1. The number of carbonyl (C=O) groups is 1. The lowest BCUT2D eigenvalue weighted by atomic mass is 10.0. The first-order chi connectivity index (χ1) is 15.5. The van der Waals surface area contributed by atoms with Crippen molar-refractivity contribution in [2.75, 3.05) is 52.8 Å². The number of rotatable bonds is 6. The van der Waals surface area contributed by atoms with Crippen LogP contribution in [0.25, 0.3) is 16.5 Å². The summed E-state index contributed by atoms with van der Waals surface area (Å²) in [6.07, 6.45) is 5.59. The number of aromatic nitrogens is 2. The van der Waals surface area contributed by atoms with E-state index in [1.54, 1.807) is 14.2 Å². The highest BCUT2D eigenvalue weighted by molar-refractivity contribution is 5.93. The number of fused-ring (bicyclic) bond motifs is 1. The third kappa shape index (κ3) is 4.65. The van der Waals surface area contributed by atoms with Crippen LogP contribution < -0.4 is 14.8 Å². The molecule has 1 fully saturated rings. The van der Waals surface area contributed by atoms with Gasteiger partial charge >= 0.3 is 0 Å². The van der Waals surface area contributed by atoms with Crippen molar-refractivity contribution in [3.63, 3.8) is 0 Å². The number of nitrogens with one attached hydrogen (secondary N) is 1. The molecule has 0 atom stereocenters. The van der Waals surface area contributed by atoms with Gasteiger partial charge in [-0.3, -0.25) is 4.79 Å². The Morgan fingerprint density at radius 1 is 1.12 bits per heavy atom. The second-order valence-corrected chi connectivity index (χ2v) is 8.53. The first-order valence-electron chi connectivity index (χ1n) is 11.4. The van der Waals surface area contributed by atoms with E-state index in [1.807, 2.05) is 24.0 Å². The Morgan fingerprint density at radius 3 is 2.53 bits per heavy atom. The van der Waals surface area contributed by atoms with Crippen LogP contribution >= 0.6 is 0 Å². The molecule has 1 saturated heterocycles. The number of nitrogens with zero attached hydrogens (tertiary/aromatic N) is 4. The van der Waals surface area contributed by atoms with E-state index in [2.05, 4.69) is 23.3 Å². The molecule has 8 heteroatoms. The molecule has 0 aliphatic carbocycles. The Balaban J connectivity index is 1.75. The molecule has 8 nitrogen and oxygen atoms in total. The molecule has 0 unspecified atom stereocenters. The Morgan fingerprint density at radius 2 is 1.84 bits per heavy atom. The number of hydrogen-bond donors (Lipinski definition) is 1. The third-order valence-corrected chi connectivity index (χ3v) is 6.35. The van der Waals surface area contributed by atoms with Crippen LogP contribution in [0.15, 0.2) is 18.2 Å². The number of piperidine rings is 1. The molecule has 2 aromatic rings. The van der Waals surface area contributed by atoms with Crippen LogP contribution in [-0.4, -0.2) is 79.2 Å². The Bertz CT molecular complexity index is 1010. The lowest BCUT2D eigenvalue weighted by molar-refractivity contribution is -0.130. The maximum Gasteiger partial charge on any atom is 0.222 e. The first-order valence-corrected chi connectivity index (χ1v) is 11.4. The summed E-state index contributed by atoms with van der Waals surface area (Å²) in [5, 5.41) is 4.58. The van der Waals surface area contributed by atoms with Crippen molar-refractivity contribution < 1.29 is 14.3 Å². The van der Waals surface area contributed by atoms with Gasteiger partial charge < -0.3 is 24.6 Å². The minimum atomic E-state index is 0.160. The second-order valence-electron chi connectivity index (χ2n) is 8.53. The fraction of sp³-hybridized carbons (Fsp3) is 0.542. The van der Waals surface area contributed by atoms with Gasteiger partial charge in [-0.25, -0.2) is 9.97 Å². The molecule has 2 aliphatic rings. The van der Waals surface area contributed by atoms with Crippen molar-refractivity contribution in [1.82, 2.24) is 19.8 Å². The molecule has 2 aliphatic heterocycles. The summed E-state index contributed by atoms with van der Waals surface area (Å²) in [4.78, 5) is 26.3. The first kappa shape index (κ1) is 22.3. The molecule has 1 amide bonds. The molecule has 1 aromatic carbocycles. The number of anilines is 1. The Kier molecular flexibility index (Phi) is 6.79. The predicted molar refractivity (Wildman–Crippen MR) is 126 cm³/mol. The fourth-order valence-electron chi connectivity index (χ4n) is 4.40. The SMILES string of the molecule is CCC(=O)N1CCC=C(c2nc(NC3CCN(C)CC3)c3cc(OC)c(OC)cc3n2)C1. The van der Waals surface area contributed by atoms with Gasteiger partial charge in [0.25, 0.3) is 0 Å². The van der Waals surface area contributed by atoms with Crippen molar-refractivity contribution in [1.29, 1.82) is 0 Å².